The van der Waals surface area contributed by atoms with Gasteiger partial charge in [0.1, 0.15) is 5.69 Å². The molecule has 1 atom stereocenters. The Hall–Kier alpha value is -2.44. The number of likely N-dealkylation sites (tertiary alicyclic amines) is 1. The molecule has 1 aliphatic rings. The molecule has 0 bridgehead atoms. The second-order valence-electron chi connectivity index (χ2n) is 8.16. The molecule has 1 unspecified atom stereocenters. The van der Waals surface area contributed by atoms with E-state index in [2.05, 4.69) is 17.1 Å². The second-order valence-corrected chi connectivity index (χ2v) is 9.11. The van der Waals surface area contributed by atoms with Gasteiger partial charge in [-0.05, 0) is 68.3 Å². The van der Waals surface area contributed by atoms with E-state index < -0.39 is 0 Å². The van der Waals surface area contributed by atoms with Gasteiger partial charge in [-0.15, -0.1) is 11.3 Å². The Morgan fingerprint density at radius 3 is 2.83 bits per heavy atom. The number of hydrogen-bond donors (Lipinski definition) is 1. The zero-order valence-electron chi connectivity index (χ0n) is 17.6. The molecule has 1 aliphatic heterocycles. The van der Waals surface area contributed by atoms with Gasteiger partial charge in [0.25, 0.3) is 5.91 Å². The van der Waals surface area contributed by atoms with Crippen molar-refractivity contribution in [2.75, 3.05) is 26.2 Å². The maximum atomic E-state index is 12.9. The standard InChI is InChI=1S/C24H30N4OS/c1-19-9-7-15-27(17-19)14-6-5-13-25-24(29)21-18-28(20-10-3-2-4-11-20)26-23(21)22-12-8-16-30-22/h2-4,8,10-12,16,18-19H,5-7,9,13-15,17H2,1H3,(H,25,29). The Morgan fingerprint density at radius 1 is 1.20 bits per heavy atom. The van der Waals surface area contributed by atoms with Gasteiger partial charge in [0.2, 0.25) is 0 Å². The average molecular weight is 423 g/mol. The molecule has 0 radical (unpaired) electrons. The predicted octanol–water partition coefficient (Wildman–Crippen LogP) is 4.84. The van der Waals surface area contributed by atoms with Gasteiger partial charge in [0, 0.05) is 19.3 Å². The maximum Gasteiger partial charge on any atom is 0.255 e. The molecule has 0 saturated carbocycles. The van der Waals surface area contributed by atoms with Crippen molar-refractivity contribution >= 4 is 17.2 Å². The predicted molar refractivity (Wildman–Crippen MR) is 123 cm³/mol. The van der Waals surface area contributed by atoms with Gasteiger partial charge in [0.05, 0.1) is 16.1 Å². The van der Waals surface area contributed by atoms with E-state index in [1.807, 2.05) is 54.0 Å². The minimum atomic E-state index is -0.0489. The molecule has 0 spiro atoms. The molecule has 3 heterocycles. The SMILES string of the molecule is CC1CCCN(CCCCNC(=O)c2cn(-c3ccccc3)nc2-c2cccs2)C1. The number of para-hydroxylation sites is 1. The van der Waals surface area contributed by atoms with Gasteiger partial charge in [-0.2, -0.15) is 5.10 Å². The number of nitrogens with zero attached hydrogens (tertiary/aromatic N) is 3. The highest BCUT2D eigenvalue weighted by Crippen LogP contribution is 2.27. The summed E-state index contributed by atoms with van der Waals surface area (Å²) in [6.07, 6.45) is 6.63. The molecular formula is C24H30N4OS. The van der Waals surface area contributed by atoms with Crippen molar-refractivity contribution in [3.05, 3.63) is 59.6 Å². The Morgan fingerprint density at radius 2 is 2.07 bits per heavy atom. The van der Waals surface area contributed by atoms with Crippen LogP contribution in [0.15, 0.2) is 54.0 Å². The number of piperidine rings is 1. The normalized spacial score (nSPS) is 17.2. The molecule has 2 aromatic heterocycles. The van der Waals surface area contributed by atoms with E-state index in [1.165, 1.54) is 25.9 Å². The third-order valence-corrected chi connectivity index (χ3v) is 6.54. The molecule has 1 fully saturated rings. The van der Waals surface area contributed by atoms with Crippen LogP contribution in [0.3, 0.4) is 0 Å². The highest BCUT2D eigenvalue weighted by atomic mass is 32.1. The lowest BCUT2D eigenvalue weighted by molar-refractivity contribution is 0.0953. The minimum absolute atomic E-state index is 0.0489. The molecule has 1 N–H and O–H groups in total. The lowest BCUT2D eigenvalue weighted by atomic mass is 10.0. The van der Waals surface area contributed by atoms with Crippen molar-refractivity contribution in [3.8, 4) is 16.3 Å². The molecule has 1 saturated heterocycles. The van der Waals surface area contributed by atoms with E-state index >= 15 is 0 Å². The van der Waals surface area contributed by atoms with Crippen LogP contribution >= 0.6 is 11.3 Å². The van der Waals surface area contributed by atoms with E-state index in [4.69, 9.17) is 5.10 Å². The molecule has 1 amide bonds. The summed E-state index contributed by atoms with van der Waals surface area (Å²) >= 11 is 1.60. The summed E-state index contributed by atoms with van der Waals surface area (Å²) in [5.41, 5.74) is 2.32. The van der Waals surface area contributed by atoms with Crippen LogP contribution in [0.4, 0.5) is 0 Å². The van der Waals surface area contributed by atoms with Gasteiger partial charge in [0.15, 0.2) is 0 Å². The third-order valence-electron chi connectivity index (χ3n) is 5.66. The molecule has 158 valence electrons. The van der Waals surface area contributed by atoms with Crippen molar-refractivity contribution in [1.82, 2.24) is 20.0 Å². The number of benzene rings is 1. The van der Waals surface area contributed by atoms with Gasteiger partial charge in [-0.1, -0.05) is 31.2 Å². The first-order chi connectivity index (χ1) is 14.7. The minimum Gasteiger partial charge on any atom is -0.352 e. The van der Waals surface area contributed by atoms with Crippen LogP contribution in [0.1, 0.15) is 43.0 Å². The summed E-state index contributed by atoms with van der Waals surface area (Å²) in [5.74, 6) is 0.766. The van der Waals surface area contributed by atoms with Crippen LogP contribution in [-0.2, 0) is 0 Å². The Balaban J connectivity index is 1.36. The van der Waals surface area contributed by atoms with Crippen molar-refractivity contribution < 1.29 is 4.79 Å². The topological polar surface area (TPSA) is 50.2 Å². The summed E-state index contributed by atoms with van der Waals surface area (Å²) < 4.78 is 1.79. The molecule has 30 heavy (non-hydrogen) atoms. The number of nitrogens with one attached hydrogen (secondary N) is 1. The first-order valence-electron chi connectivity index (χ1n) is 10.9. The average Bonchev–Trinajstić information content (AvgIpc) is 3.44. The number of amides is 1. The zero-order valence-corrected chi connectivity index (χ0v) is 18.4. The number of rotatable bonds is 8. The summed E-state index contributed by atoms with van der Waals surface area (Å²) in [6.45, 7) is 6.61. The van der Waals surface area contributed by atoms with Gasteiger partial charge < -0.3 is 10.2 Å². The Kier molecular flexibility index (Phi) is 6.97. The van der Waals surface area contributed by atoms with Crippen LogP contribution in [0.2, 0.25) is 0 Å². The molecule has 6 heteroatoms. The van der Waals surface area contributed by atoms with E-state index in [-0.39, 0.29) is 5.91 Å². The lowest BCUT2D eigenvalue weighted by Crippen LogP contribution is -2.35. The maximum absolute atomic E-state index is 12.9. The number of hydrogen-bond acceptors (Lipinski definition) is 4. The van der Waals surface area contributed by atoms with Crippen molar-refractivity contribution in [1.29, 1.82) is 0 Å². The molecule has 0 aliphatic carbocycles. The third kappa shape index (κ3) is 5.18. The monoisotopic (exact) mass is 422 g/mol. The second kappa shape index (κ2) is 10.0. The first-order valence-corrected chi connectivity index (χ1v) is 11.8. The van der Waals surface area contributed by atoms with Crippen LogP contribution in [0.5, 0.6) is 0 Å². The summed E-state index contributed by atoms with van der Waals surface area (Å²) in [6, 6.07) is 13.9. The largest absolute Gasteiger partial charge is 0.352 e. The first kappa shape index (κ1) is 20.8. The molecule has 1 aromatic carbocycles. The van der Waals surface area contributed by atoms with E-state index in [0.29, 0.717) is 12.1 Å². The van der Waals surface area contributed by atoms with Crippen molar-refractivity contribution in [2.45, 2.75) is 32.6 Å². The van der Waals surface area contributed by atoms with Crippen LogP contribution < -0.4 is 5.32 Å². The molecular weight excluding hydrogens is 392 g/mol. The van der Waals surface area contributed by atoms with Gasteiger partial charge in [-0.3, -0.25) is 4.79 Å². The fourth-order valence-electron chi connectivity index (χ4n) is 4.10. The summed E-state index contributed by atoms with van der Waals surface area (Å²) in [5, 5.41) is 9.84. The van der Waals surface area contributed by atoms with Crippen LogP contribution in [-0.4, -0.2) is 46.8 Å². The van der Waals surface area contributed by atoms with Crippen molar-refractivity contribution in [3.63, 3.8) is 0 Å². The van der Waals surface area contributed by atoms with Gasteiger partial charge >= 0.3 is 0 Å². The zero-order chi connectivity index (χ0) is 20.8. The molecule has 5 nitrogen and oxygen atoms in total. The number of carbonyl (C=O) groups is 1. The number of thiophene rings is 1. The van der Waals surface area contributed by atoms with Crippen LogP contribution in [0, 0.1) is 5.92 Å². The summed E-state index contributed by atoms with van der Waals surface area (Å²) in [4.78, 5) is 16.5. The fraction of sp³-hybridized carbons (Fsp3) is 0.417. The van der Waals surface area contributed by atoms with Gasteiger partial charge in [-0.25, -0.2) is 4.68 Å². The smallest absolute Gasteiger partial charge is 0.255 e. The highest BCUT2D eigenvalue weighted by Gasteiger charge is 2.19. The lowest BCUT2D eigenvalue weighted by Gasteiger charge is -2.30. The summed E-state index contributed by atoms with van der Waals surface area (Å²) in [7, 11) is 0. The van der Waals surface area contributed by atoms with E-state index in [0.717, 1.165) is 41.6 Å². The highest BCUT2D eigenvalue weighted by molar-refractivity contribution is 7.13. The van der Waals surface area contributed by atoms with E-state index in [1.54, 1.807) is 16.0 Å². The number of carbonyl (C=O) groups excluding carboxylic acids is 1. The van der Waals surface area contributed by atoms with Crippen molar-refractivity contribution in [2.24, 2.45) is 5.92 Å². The molecule has 4 rings (SSSR count). The number of aromatic nitrogens is 2. The number of unbranched alkanes of at least 4 members (excludes halogenated alkanes) is 1. The van der Waals surface area contributed by atoms with E-state index in [9.17, 15) is 4.79 Å². The Bertz CT molecular complexity index is 936. The van der Waals surface area contributed by atoms with Crippen LogP contribution in [0.25, 0.3) is 16.3 Å². The quantitative estimate of drug-likeness (QED) is 0.528. The Labute approximate surface area is 182 Å². The fourth-order valence-corrected chi connectivity index (χ4v) is 4.82. The molecule has 3 aromatic rings.